The fourth-order valence-corrected chi connectivity index (χ4v) is 3.82. The van der Waals surface area contributed by atoms with Crippen molar-refractivity contribution in [2.75, 3.05) is 5.32 Å². The molecule has 0 saturated carbocycles. The number of carbonyl (C=O) groups is 1. The van der Waals surface area contributed by atoms with Crippen LogP contribution in [0.3, 0.4) is 0 Å². The topological polar surface area (TPSA) is 38.3 Å². The summed E-state index contributed by atoms with van der Waals surface area (Å²) in [6.07, 6.45) is 0.0790. The molecule has 1 atom stereocenters. The van der Waals surface area contributed by atoms with E-state index in [2.05, 4.69) is 41.7 Å². The van der Waals surface area contributed by atoms with Crippen LogP contribution in [0.4, 0.5) is 5.69 Å². The maximum Gasteiger partial charge on any atom is 0.265 e. The molecule has 150 valence electrons. The van der Waals surface area contributed by atoms with Crippen LogP contribution in [0.1, 0.15) is 30.0 Å². The zero-order valence-electron chi connectivity index (χ0n) is 17.1. The summed E-state index contributed by atoms with van der Waals surface area (Å²) < 4.78 is 5.89. The number of aryl methyl sites for hydroxylation is 2. The van der Waals surface area contributed by atoms with Gasteiger partial charge in [-0.2, -0.15) is 0 Å². The summed E-state index contributed by atoms with van der Waals surface area (Å²) in [5, 5.41) is 3.02. The summed E-state index contributed by atoms with van der Waals surface area (Å²) in [6.45, 7) is 6.00. The second kappa shape index (κ2) is 10.2. The number of carbonyl (C=O) groups excluding carboxylic acids is 1. The molecule has 0 saturated heterocycles. The van der Waals surface area contributed by atoms with Crippen molar-refractivity contribution < 1.29 is 9.53 Å². The molecule has 0 radical (unpaired) electrons. The highest BCUT2D eigenvalue weighted by Gasteiger charge is 2.19. The summed E-state index contributed by atoms with van der Waals surface area (Å²) in [4.78, 5) is 14.0. The van der Waals surface area contributed by atoms with Gasteiger partial charge in [-0.3, -0.25) is 4.79 Å². The first kappa shape index (κ1) is 21.0. The Morgan fingerprint density at radius 1 is 1.00 bits per heavy atom. The quantitative estimate of drug-likeness (QED) is 0.441. The molecule has 3 aromatic rings. The number of benzene rings is 3. The molecular weight excluding hydrogens is 378 g/mol. The van der Waals surface area contributed by atoms with Crippen LogP contribution in [0.25, 0.3) is 0 Å². The van der Waals surface area contributed by atoms with Crippen LogP contribution in [0, 0.1) is 13.8 Å². The van der Waals surface area contributed by atoms with E-state index < -0.39 is 6.10 Å². The Balaban J connectivity index is 1.60. The van der Waals surface area contributed by atoms with Crippen molar-refractivity contribution in [2.24, 2.45) is 0 Å². The Morgan fingerprint density at radius 3 is 2.38 bits per heavy atom. The van der Waals surface area contributed by atoms with Gasteiger partial charge < -0.3 is 10.1 Å². The molecule has 0 aliphatic carbocycles. The summed E-state index contributed by atoms with van der Waals surface area (Å²) >= 11 is 1.81. The van der Waals surface area contributed by atoms with Crippen molar-refractivity contribution in [3.05, 3.63) is 89.5 Å². The van der Waals surface area contributed by atoms with E-state index in [4.69, 9.17) is 4.74 Å². The highest BCUT2D eigenvalue weighted by Crippen LogP contribution is 2.25. The third kappa shape index (κ3) is 6.13. The van der Waals surface area contributed by atoms with Gasteiger partial charge in [-0.1, -0.05) is 55.0 Å². The summed E-state index contributed by atoms with van der Waals surface area (Å²) in [5.74, 6) is 1.48. The fourth-order valence-electron chi connectivity index (χ4n) is 2.96. The van der Waals surface area contributed by atoms with E-state index in [0.717, 1.165) is 22.6 Å². The summed E-state index contributed by atoms with van der Waals surface area (Å²) in [7, 11) is 0. The highest BCUT2D eigenvalue weighted by molar-refractivity contribution is 7.98. The van der Waals surface area contributed by atoms with Gasteiger partial charge in [0.1, 0.15) is 5.75 Å². The first-order chi connectivity index (χ1) is 14.0. The van der Waals surface area contributed by atoms with E-state index in [1.54, 1.807) is 11.8 Å². The van der Waals surface area contributed by atoms with E-state index in [-0.39, 0.29) is 5.91 Å². The maximum absolute atomic E-state index is 12.7. The molecule has 0 fully saturated rings. The van der Waals surface area contributed by atoms with Crippen LogP contribution >= 0.6 is 11.8 Å². The Morgan fingerprint density at radius 2 is 1.72 bits per heavy atom. The maximum atomic E-state index is 12.7. The van der Waals surface area contributed by atoms with E-state index in [0.29, 0.717) is 12.2 Å². The Labute approximate surface area is 177 Å². The summed E-state index contributed by atoms with van der Waals surface area (Å²) in [6, 6.07) is 24.3. The van der Waals surface area contributed by atoms with Gasteiger partial charge in [0.15, 0.2) is 6.10 Å². The van der Waals surface area contributed by atoms with Crippen LogP contribution in [-0.4, -0.2) is 12.0 Å². The van der Waals surface area contributed by atoms with Gasteiger partial charge in [-0.15, -0.1) is 11.8 Å². The second-order valence-electron chi connectivity index (χ2n) is 7.07. The molecule has 0 spiro atoms. The smallest absolute Gasteiger partial charge is 0.265 e. The molecule has 0 bridgehead atoms. The molecule has 4 heteroatoms. The molecule has 0 aliphatic heterocycles. The largest absolute Gasteiger partial charge is 0.481 e. The third-order valence-electron chi connectivity index (χ3n) is 4.66. The van der Waals surface area contributed by atoms with E-state index in [9.17, 15) is 4.79 Å². The van der Waals surface area contributed by atoms with Gasteiger partial charge in [-0.25, -0.2) is 0 Å². The van der Waals surface area contributed by atoms with Crippen LogP contribution < -0.4 is 10.1 Å². The lowest BCUT2D eigenvalue weighted by molar-refractivity contribution is -0.122. The molecule has 0 unspecified atom stereocenters. The predicted octanol–water partition coefficient (Wildman–Crippen LogP) is 6.39. The molecule has 1 N–H and O–H groups in total. The Hall–Kier alpha value is -2.72. The third-order valence-corrected chi connectivity index (χ3v) is 5.74. The Kier molecular flexibility index (Phi) is 7.36. The molecule has 3 rings (SSSR count). The summed E-state index contributed by atoms with van der Waals surface area (Å²) in [5.41, 5.74) is 4.28. The SMILES string of the molecule is CC[C@@H](Oc1ccc(C)cc1)C(=O)Nc1ccc(CSc2ccccc2)cc1C. The highest BCUT2D eigenvalue weighted by atomic mass is 32.2. The fraction of sp³-hybridized carbons (Fsp3) is 0.240. The second-order valence-corrected chi connectivity index (χ2v) is 8.12. The monoisotopic (exact) mass is 405 g/mol. The van der Waals surface area contributed by atoms with Crippen LogP contribution in [-0.2, 0) is 10.5 Å². The van der Waals surface area contributed by atoms with Gasteiger partial charge in [0, 0.05) is 16.3 Å². The lowest BCUT2D eigenvalue weighted by atomic mass is 10.1. The number of anilines is 1. The number of rotatable bonds is 8. The molecule has 0 aliphatic rings. The van der Waals surface area contributed by atoms with Crippen molar-refractivity contribution in [1.82, 2.24) is 0 Å². The first-order valence-electron chi connectivity index (χ1n) is 9.86. The molecule has 3 nitrogen and oxygen atoms in total. The number of hydrogen-bond donors (Lipinski definition) is 1. The van der Waals surface area contributed by atoms with Crippen molar-refractivity contribution in [2.45, 2.75) is 43.9 Å². The molecular formula is C25H27NO2S. The normalized spacial score (nSPS) is 11.7. The minimum Gasteiger partial charge on any atom is -0.481 e. The zero-order chi connectivity index (χ0) is 20.6. The average molecular weight is 406 g/mol. The van der Waals surface area contributed by atoms with E-state index in [1.807, 2.05) is 57.2 Å². The van der Waals surface area contributed by atoms with Crippen LogP contribution in [0.15, 0.2) is 77.7 Å². The van der Waals surface area contributed by atoms with Gasteiger partial charge in [0.05, 0.1) is 0 Å². The number of nitrogens with one attached hydrogen (secondary N) is 1. The van der Waals surface area contributed by atoms with Gasteiger partial charge >= 0.3 is 0 Å². The number of ether oxygens (including phenoxy) is 1. The van der Waals surface area contributed by atoms with Gasteiger partial charge in [-0.05, 0) is 61.7 Å². The molecule has 0 aromatic heterocycles. The van der Waals surface area contributed by atoms with E-state index in [1.165, 1.54) is 10.5 Å². The van der Waals surface area contributed by atoms with Gasteiger partial charge in [0.25, 0.3) is 5.91 Å². The lowest BCUT2D eigenvalue weighted by Gasteiger charge is -2.18. The van der Waals surface area contributed by atoms with Gasteiger partial charge in [0.2, 0.25) is 0 Å². The molecule has 29 heavy (non-hydrogen) atoms. The van der Waals surface area contributed by atoms with Crippen molar-refractivity contribution in [3.8, 4) is 5.75 Å². The van der Waals surface area contributed by atoms with Crippen molar-refractivity contribution >= 4 is 23.4 Å². The van der Waals surface area contributed by atoms with Crippen LogP contribution in [0.5, 0.6) is 5.75 Å². The zero-order valence-corrected chi connectivity index (χ0v) is 18.0. The number of amides is 1. The minimum atomic E-state index is -0.523. The molecule has 0 heterocycles. The minimum absolute atomic E-state index is 0.123. The molecule has 1 amide bonds. The standard InChI is InChI=1S/C25H27NO2S/c1-4-24(28-21-13-10-18(2)11-14-21)25(27)26-23-15-12-20(16-19(23)3)17-29-22-8-6-5-7-9-22/h5-16,24H,4,17H2,1-3H3,(H,26,27)/t24-/m1/s1. The van der Waals surface area contributed by atoms with Crippen LogP contribution in [0.2, 0.25) is 0 Å². The number of hydrogen-bond acceptors (Lipinski definition) is 3. The first-order valence-corrected chi connectivity index (χ1v) is 10.9. The van der Waals surface area contributed by atoms with Crippen molar-refractivity contribution in [1.29, 1.82) is 0 Å². The average Bonchev–Trinajstić information content (AvgIpc) is 2.74. The van der Waals surface area contributed by atoms with E-state index >= 15 is 0 Å². The molecule has 3 aromatic carbocycles. The predicted molar refractivity (Wildman–Crippen MR) is 122 cm³/mol. The lowest BCUT2D eigenvalue weighted by Crippen LogP contribution is -2.32. The van der Waals surface area contributed by atoms with Crippen molar-refractivity contribution in [3.63, 3.8) is 0 Å². The Bertz CT molecular complexity index is 939. The number of thioether (sulfide) groups is 1.